The van der Waals surface area contributed by atoms with Crippen molar-refractivity contribution in [2.24, 2.45) is 0 Å². The minimum Gasteiger partial charge on any atom is -0.368 e. The van der Waals surface area contributed by atoms with Crippen molar-refractivity contribution < 1.29 is 13.3 Å². The number of sulfonamides is 1. The smallest absolute Gasteiger partial charge is 0.269 e. The maximum Gasteiger partial charge on any atom is 0.269 e. The summed E-state index contributed by atoms with van der Waals surface area (Å²) in [6.45, 7) is -0.00922. The summed E-state index contributed by atoms with van der Waals surface area (Å²) in [5, 5.41) is 10.5. The van der Waals surface area contributed by atoms with Crippen LogP contribution < -0.4 is 10.5 Å². The molecule has 0 aliphatic heterocycles. The molecular weight excluding hydrogens is 298 g/mol. The van der Waals surface area contributed by atoms with Crippen molar-refractivity contribution in [2.75, 3.05) is 5.73 Å². The number of anilines is 1. The molecule has 0 fully saturated rings. The molecule has 1 heterocycles. The van der Waals surface area contributed by atoms with E-state index < -0.39 is 14.9 Å². The third-order valence-corrected chi connectivity index (χ3v) is 3.93. The number of nitrogens with one attached hydrogen (secondary N) is 1. The molecule has 0 radical (unpaired) electrons. The van der Waals surface area contributed by atoms with E-state index in [4.69, 9.17) is 5.73 Å². The van der Waals surface area contributed by atoms with Crippen LogP contribution in [0.1, 0.15) is 5.56 Å². The maximum atomic E-state index is 12.0. The van der Waals surface area contributed by atoms with Crippen LogP contribution in [0.25, 0.3) is 0 Å². The Morgan fingerprint density at radius 3 is 2.29 bits per heavy atom. The highest BCUT2D eigenvalue weighted by molar-refractivity contribution is 7.89. The Morgan fingerprint density at radius 1 is 1.19 bits per heavy atom. The zero-order chi connectivity index (χ0) is 15.5. The summed E-state index contributed by atoms with van der Waals surface area (Å²) in [4.78, 5) is 17.1. The second-order valence-electron chi connectivity index (χ2n) is 4.03. The molecule has 0 atom stereocenters. The van der Waals surface area contributed by atoms with Crippen LogP contribution in [-0.2, 0) is 16.6 Å². The predicted molar refractivity (Wildman–Crippen MR) is 73.6 cm³/mol. The molecule has 10 heteroatoms. The van der Waals surface area contributed by atoms with Crippen molar-refractivity contribution in [1.82, 2.24) is 14.7 Å². The fourth-order valence-corrected chi connectivity index (χ4v) is 2.37. The van der Waals surface area contributed by atoms with E-state index in [2.05, 4.69) is 14.7 Å². The zero-order valence-electron chi connectivity index (χ0n) is 10.6. The Labute approximate surface area is 120 Å². The lowest BCUT2D eigenvalue weighted by Gasteiger charge is -2.06. The van der Waals surface area contributed by atoms with Crippen LogP contribution in [0, 0.1) is 10.1 Å². The molecule has 0 aliphatic rings. The number of benzene rings is 1. The van der Waals surface area contributed by atoms with Crippen LogP contribution in [0.3, 0.4) is 0 Å². The molecule has 2 rings (SSSR count). The number of non-ortho nitro benzene ring substituents is 1. The first-order valence-corrected chi connectivity index (χ1v) is 7.17. The SMILES string of the molecule is Nc1ncc(S(=O)(=O)NCc2ccc([N+](=O)[O-])cc2)cn1. The molecule has 0 amide bonds. The molecule has 0 aliphatic carbocycles. The first-order chi connectivity index (χ1) is 9.88. The average molecular weight is 309 g/mol. The number of nitrogen functional groups attached to an aromatic ring is 1. The minimum atomic E-state index is -3.77. The number of nitrogens with zero attached hydrogens (tertiary/aromatic N) is 3. The molecular formula is C11H11N5O4S. The van der Waals surface area contributed by atoms with Crippen LogP contribution in [0.15, 0.2) is 41.6 Å². The molecule has 2 aromatic rings. The summed E-state index contributed by atoms with van der Waals surface area (Å²) in [5.74, 6) is -0.0238. The molecule has 0 saturated carbocycles. The third kappa shape index (κ3) is 3.70. The lowest BCUT2D eigenvalue weighted by Crippen LogP contribution is -2.23. The van der Waals surface area contributed by atoms with Crippen molar-refractivity contribution in [2.45, 2.75) is 11.4 Å². The summed E-state index contributed by atoms with van der Waals surface area (Å²) >= 11 is 0. The van der Waals surface area contributed by atoms with E-state index in [0.29, 0.717) is 5.56 Å². The standard InChI is InChI=1S/C11H11N5O4S/c12-11-13-6-10(7-14-11)21(19,20)15-5-8-1-3-9(4-2-8)16(17)18/h1-4,6-7,15H,5H2,(H2,12,13,14). The lowest BCUT2D eigenvalue weighted by molar-refractivity contribution is -0.384. The average Bonchev–Trinajstić information content (AvgIpc) is 2.46. The van der Waals surface area contributed by atoms with E-state index in [1.54, 1.807) is 0 Å². The highest BCUT2D eigenvalue weighted by Gasteiger charge is 2.15. The van der Waals surface area contributed by atoms with Gasteiger partial charge >= 0.3 is 0 Å². The molecule has 21 heavy (non-hydrogen) atoms. The Kier molecular flexibility index (Phi) is 4.10. The molecule has 3 N–H and O–H groups in total. The molecule has 0 spiro atoms. The van der Waals surface area contributed by atoms with Gasteiger partial charge in [-0.25, -0.2) is 23.1 Å². The van der Waals surface area contributed by atoms with Gasteiger partial charge in [-0.2, -0.15) is 0 Å². The Hall–Kier alpha value is -2.59. The highest BCUT2D eigenvalue weighted by atomic mass is 32.2. The van der Waals surface area contributed by atoms with Gasteiger partial charge in [0.25, 0.3) is 5.69 Å². The van der Waals surface area contributed by atoms with E-state index >= 15 is 0 Å². The van der Waals surface area contributed by atoms with Crippen molar-refractivity contribution in [3.8, 4) is 0 Å². The molecule has 0 saturated heterocycles. The summed E-state index contributed by atoms with van der Waals surface area (Å²) in [7, 11) is -3.77. The van der Waals surface area contributed by atoms with Gasteiger partial charge in [-0.3, -0.25) is 10.1 Å². The quantitative estimate of drug-likeness (QED) is 0.603. The third-order valence-electron chi connectivity index (χ3n) is 2.57. The van der Waals surface area contributed by atoms with E-state index in [0.717, 1.165) is 12.4 Å². The van der Waals surface area contributed by atoms with Crippen LogP contribution in [0.4, 0.5) is 11.6 Å². The second kappa shape index (κ2) is 5.81. The minimum absolute atomic E-state index is 0.00922. The Balaban J connectivity index is 2.08. The number of hydrogen-bond donors (Lipinski definition) is 2. The van der Waals surface area contributed by atoms with Gasteiger partial charge in [-0.05, 0) is 5.56 Å². The molecule has 0 unspecified atom stereocenters. The van der Waals surface area contributed by atoms with Gasteiger partial charge < -0.3 is 5.73 Å². The number of nitro benzene ring substituents is 1. The largest absolute Gasteiger partial charge is 0.368 e. The van der Waals surface area contributed by atoms with Crippen molar-refractivity contribution in [1.29, 1.82) is 0 Å². The zero-order valence-corrected chi connectivity index (χ0v) is 11.4. The number of nitro groups is 1. The second-order valence-corrected chi connectivity index (χ2v) is 5.79. The fourth-order valence-electron chi connectivity index (χ4n) is 1.46. The highest BCUT2D eigenvalue weighted by Crippen LogP contribution is 2.13. The molecule has 9 nitrogen and oxygen atoms in total. The fraction of sp³-hybridized carbons (Fsp3) is 0.0909. The van der Waals surface area contributed by atoms with E-state index in [1.807, 2.05) is 0 Å². The van der Waals surface area contributed by atoms with Gasteiger partial charge in [0.05, 0.1) is 17.3 Å². The topological polar surface area (TPSA) is 141 Å². The van der Waals surface area contributed by atoms with Gasteiger partial charge in [-0.1, -0.05) is 12.1 Å². The first kappa shape index (κ1) is 14.8. The van der Waals surface area contributed by atoms with E-state index in [1.165, 1.54) is 24.3 Å². The predicted octanol–water partition coefficient (Wildman–Crippen LogP) is 0.446. The molecule has 1 aromatic carbocycles. The number of nitrogens with two attached hydrogens (primary N) is 1. The summed E-state index contributed by atoms with van der Waals surface area (Å²) in [6, 6.07) is 5.55. The van der Waals surface area contributed by atoms with Crippen LogP contribution >= 0.6 is 0 Å². The van der Waals surface area contributed by atoms with Crippen LogP contribution in [0.5, 0.6) is 0 Å². The number of hydrogen-bond acceptors (Lipinski definition) is 7. The van der Waals surface area contributed by atoms with Gasteiger partial charge in [0, 0.05) is 18.7 Å². The van der Waals surface area contributed by atoms with E-state index in [9.17, 15) is 18.5 Å². The molecule has 0 bridgehead atoms. The van der Waals surface area contributed by atoms with Crippen molar-refractivity contribution >= 4 is 21.7 Å². The Bertz CT molecular complexity index is 743. The maximum absolute atomic E-state index is 12.0. The van der Waals surface area contributed by atoms with Gasteiger partial charge in [0.15, 0.2) is 0 Å². The number of rotatable bonds is 5. The summed E-state index contributed by atoms with van der Waals surface area (Å²) in [5.41, 5.74) is 5.80. The molecule has 110 valence electrons. The van der Waals surface area contributed by atoms with Crippen LogP contribution in [-0.4, -0.2) is 23.3 Å². The lowest BCUT2D eigenvalue weighted by atomic mass is 10.2. The van der Waals surface area contributed by atoms with Gasteiger partial charge in [0.2, 0.25) is 16.0 Å². The summed E-state index contributed by atoms with van der Waals surface area (Å²) in [6.07, 6.45) is 2.20. The number of aromatic nitrogens is 2. The summed E-state index contributed by atoms with van der Waals surface area (Å²) < 4.78 is 26.2. The van der Waals surface area contributed by atoms with Gasteiger partial charge in [-0.15, -0.1) is 0 Å². The Morgan fingerprint density at radius 2 is 1.76 bits per heavy atom. The monoisotopic (exact) mass is 309 g/mol. The van der Waals surface area contributed by atoms with Crippen molar-refractivity contribution in [3.63, 3.8) is 0 Å². The van der Waals surface area contributed by atoms with Crippen LogP contribution in [0.2, 0.25) is 0 Å². The van der Waals surface area contributed by atoms with Crippen molar-refractivity contribution in [3.05, 3.63) is 52.3 Å². The van der Waals surface area contributed by atoms with Gasteiger partial charge in [0.1, 0.15) is 4.90 Å². The normalized spacial score (nSPS) is 11.2. The first-order valence-electron chi connectivity index (χ1n) is 5.69. The van der Waals surface area contributed by atoms with E-state index in [-0.39, 0.29) is 23.1 Å². The molecule has 1 aromatic heterocycles.